The number of nitrogens with one attached hydrogen (secondary N) is 2. The van der Waals surface area contributed by atoms with Crippen LogP contribution in [0.5, 0.6) is 0 Å². The monoisotopic (exact) mass is 384 g/mol. The van der Waals surface area contributed by atoms with E-state index in [2.05, 4.69) is 10.0 Å². The van der Waals surface area contributed by atoms with Crippen molar-refractivity contribution in [2.45, 2.75) is 43.7 Å². The van der Waals surface area contributed by atoms with Gasteiger partial charge in [-0.05, 0) is 44.4 Å². The summed E-state index contributed by atoms with van der Waals surface area (Å²) in [7, 11) is -2.16. The fourth-order valence-corrected chi connectivity index (χ4v) is 3.62. The van der Waals surface area contributed by atoms with Gasteiger partial charge in [0, 0.05) is 19.2 Å². The topological polar surface area (TPSA) is 111 Å². The molecule has 9 heteroatoms. The number of rotatable bonds is 9. The molecule has 1 unspecified atom stereocenters. The van der Waals surface area contributed by atoms with E-state index >= 15 is 0 Å². The molecule has 144 valence electrons. The van der Waals surface area contributed by atoms with Crippen LogP contribution in [0.1, 0.15) is 35.7 Å². The minimum atomic E-state index is -3.67. The van der Waals surface area contributed by atoms with Crippen LogP contribution in [-0.2, 0) is 24.3 Å². The van der Waals surface area contributed by atoms with Crippen molar-refractivity contribution in [3.8, 4) is 0 Å². The SMILES string of the molecule is COCC(C)NC(=O)COC(=O)c1cc(S(=O)(=O)NC2CC2)ccc1C. The van der Waals surface area contributed by atoms with Gasteiger partial charge in [0.1, 0.15) is 0 Å². The largest absolute Gasteiger partial charge is 0.452 e. The molecule has 0 spiro atoms. The second-order valence-corrected chi connectivity index (χ2v) is 8.09. The molecule has 0 heterocycles. The summed E-state index contributed by atoms with van der Waals surface area (Å²) in [6.07, 6.45) is 1.63. The van der Waals surface area contributed by atoms with Gasteiger partial charge in [0.2, 0.25) is 10.0 Å². The van der Waals surface area contributed by atoms with E-state index in [4.69, 9.17) is 9.47 Å². The Hall–Kier alpha value is -1.97. The maximum atomic E-state index is 12.3. The van der Waals surface area contributed by atoms with Crippen LogP contribution in [-0.4, -0.2) is 52.7 Å². The van der Waals surface area contributed by atoms with Gasteiger partial charge in [-0.3, -0.25) is 4.79 Å². The Morgan fingerprint density at radius 1 is 1.31 bits per heavy atom. The summed E-state index contributed by atoms with van der Waals surface area (Å²) in [5.74, 6) is -1.21. The highest BCUT2D eigenvalue weighted by Crippen LogP contribution is 2.23. The number of methoxy groups -OCH3 is 1. The first-order valence-electron chi connectivity index (χ1n) is 8.31. The van der Waals surface area contributed by atoms with Crippen molar-refractivity contribution >= 4 is 21.9 Å². The first-order chi connectivity index (χ1) is 12.2. The molecule has 0 aromatic heterocycles. The minimum Gasteiger partial charge on any atom is -0.452 e. The molecular formula is C17H24N2O6S. The van der Waals surface area contributed by atoms with E-state index in [-0.39, 0.29) is 22.5 Å². The predicted molar refractivity (Wildman–Crippen MR) is 94.3 cm³/mol. The summed E-state index contributed by atoms with van der Waals surface area (Å²) in [5.41, 5.74) is 0.676. The van der Waals surface area contributed by atoms with Crippen LogP contribution in [0.4, 0.5) is 0 Å². The Balaban J connectivity index is 2.01. The lowest BCUT2D eigenvalue weighted by molar-refractivity contribution is -0.125. The molecule has 26 heavy (non-hydrogen) atoms. The zero-order valence-corrected chi connectivity index (χ0v) is 15.9. The van der Waals surface area contributed by atoms with E-state index in [1.54, 1.807) is 19.9 Å². The quantitative estimate of drug-likeness (QED) is 0.608. The van der Waals surface area contributed by atoms with Crippen molar-refractivity contribution in [3.05, 3.63) is 29.3 Å². The summed E-state index contributed by atoms with van der Waals surface area (Å²) in [5, 5.41) is 2.62. The Bertz CT molecular complexity index is 773. The van der Waals surface area contributed by atoms with E-state index in [0.717, 1.165) is 12.8 Å². The normalized spacial score (nSPS) is 15.3. The van der Waals surface area contributed by atoms with Gasteiger partial charge in [-0.15, -0.1) is 0 Å². The maximum Gasteiger partial charge on any atom is 0.338 e. The number of ether oxygens (including phenoxy) is 2. The summed E-state index contributed by atoms with van der Waals surface area (Å²) < 4.78 is 37.0. The molecule has 1 atom stereocenters. The Morgan fingerprint density at radius 3 is 2.62 bits per heavy atom. The van der Waals surface area contributed by atoms with Gasteiger partial charge in [0.25, 0.3) is 5.91 Å². The molecule has 1 aromatic carbocycles. The molecule has 0 aliphatic heterocycles. The fourth-order valence-electron chi connectivity index (χ4n) is 2.29. The molecule has 1 fully saturated rings. The number of aryl methyl sites for hydroxylation is 1. The fraction of sp³-hybridized carbons (Fsp3) is 0.529. The number of carbonyl (C=O) groups excluding carboxylic acids is 2. The molecule has 1 aromatic rings. The van der Waals surface area contributed by atoms with Gasteiger partial charge in [-0.1, -0.05) is 6.07 Å². The lowest BCUT2D eigenvalue weighted by Crippen LogP contribution is -2.38. The van der Waals surface area contributed by atoms with Crippen LogP contribution in [0.3, 0.4) is 0 Å². The lowest BCUT2D eigenvalue weighted by Gasteiger charge is -2.13. The average molecular weight is 384 g/mol. The lowest BCUT2D eigenvalue weighted by atomic mass is 10.1. The third-order valence-electron chi connectivity index (χ3n) is 3.80. The van der Waals surface area contributed by atoms with Crippen LogP contribution in [0.2, 0.25) is 0 Å². The minimum absolute atomic E-state index is 0.000110. The van der Waals surface area contributed by atoms with Crippen molar-refractivity contribution in [1.29, 1.82) is 0 Å². The van der Waals surface area contributed by atoms with E-state index in [1.807, 2.05) is 0 Å². The van der Waals surface area contributed by atoms with Gasteiger partial charge in [-0.2, -0.15) is 0 Å². The standard InChI is InChI=1S/C17H24N2O6S/c1-11-4-7-14(26(22,23)19-13-5-6-13)8-15(11)17(21)25-10-16(20)18-12(2)9-24-3/h4,7-8,12-13,19H,5-6,9-10H2,1-3H3,(H,18,20). The third kappa shape index (κ3) is 5.79. The highest BCUT2D eigenvalue weighted by atomic mass is 32.2. The van der Waals surface area contributed by atoms with Gasteiger partial charge in [-0.25, -0.2) is 17.9 Å². The van der Waals surface area contributed by atoms with Crippen LogP contribution in [0.25, 0.3) is 0 Å². The van der Waals surface area contributed by atoms with Gasteiger partial charge in [0.15, 0.2) is 6.61 Å². The second kappa shape index (κ2) is 8.61. The van der Waals surface area contributed by atoms with Crippen LogP contribution in [0, 0.1) is 6.92 Å². The third-order valence-corrected chi connectivity index (χ3v) is 5.32. The molecule has 8 nitrogen and oxygen atoms in total. The molecule has 1 aliphatic carbocycles. The first kappa shape index (κ1) is 20.3. The van der Waals surface area contributed by atoms with Crippen LogP contribution in [0.15, 0.2) is 23.1 Å². The second-order valence-electron chi connectivity index (χ2n) is 6.37. The Kier molecular flexibility index (Phi) is 6.74. The maximum absolute atomic E-state index is 12.3. The molecule has 1 aliphatic rings. The first-order valence-corrected chi connectivity index (χ1v) is 9.79. The molecule has 2 N–H and O–H groups in total. The zero-order chi connectivity index (χ0) is 19.3. The van der Waals surface area contributed by atoms with E-state index < -0.39 is 28.5 Å². The summed E-state index contributed by atoms with van der Waals surface area (Å²) in [6.45, 7) is 3.31. The number of carbonyl (C=O) groups is 2. The molecule has 0 bridgehead atoms. The van der Waals surface area contributed by atoms with E-state index in [1.165, 1.54) is 19.2 Å². The van der Waals surface area contributed by atoms with Gasteiger partial charge >= 0.3 is 5.97 Å². The number of sulfonamides is 1. The van der Waals surface area contributed by atoms with Crippen molar-refractivity contribution in [1.82, 2.24) is 10.0 Å². The molecule has 1 saturated carbocycles. The van der Waals surface area contributed by atoms with Gasteiger partial charge in [0.05, 0.1) is 17.1 Å². The number of hydrogen-bond acceptors (Lipinski definition) is 6. The van der Waals surface area contributed by atoms with Crippen molar-refractivity contribution in [3.63, 3.8) is 0 Å². The number of amides is 1. The summed E-state index contributed by atoms with van der Waals surface area (Å²) in [4.78, 5) is 24.0. The Labute approximate surface area is 153 Å². The Morgan fingerprint density at radius 2 is 2.00 bits per heavy atom. The zero-order valence-electron chi connectivity index (χ0n) is 15.1. The number of benzene rings is 1. The highest BCUT2D eigenvalue weighted by molar-refractivity contribution is 7.89. The smallest absolute Gasteiger partial charge is 0.338 e. The van der Waals surface area contributed by atoms with E-state index in [9.17, 15) is 18.0 Å². The molecule has 2 rings (SSSR count). The van der Waals surface area contributed by atoms with Crippen LogP contribution < -0.4 is 10.0 Å². The van der Waals surface area contributed by atoms with Gasteiger partial charge < -0.3 is 14.8 Å². The number of esters is 1. The number of hydrogen-bond donors (Lipinski definition) is 2. The molecule has 0 radical (unpaired) electrons. The molecule has 0 saturated heterocycles. The predicted octanol–water partition coefficient (Wildman–Crippen LogP) is 0.744. The van der Waals surface area contributed by atoms with E-state index in [0.29, 0.717) is 12.2 Å². The van der Waals surface area contributed by atoms with Crippen molar-refractivity contribution in [2.75, 3.05) is 20.3 Å². The highest BCUT2D eigenvalue weighted by Gasteiger charge is 2.28. The summed E-state index contributed by atoms with van der Waals surface area (Å²) in [6, 6.07) is 4.01. The summed E-state index contributed by atoms with van der Waals surface area (Å²) >= 11 is 0. The molecule has 1 amide bonds. The van der Waals surface area contributed by atoms with Crippen LogP contribution >= 0.6 is 0 Å². The van der Waals surface area contributed by atoms with Crippen molar-refractivity contribution in [2.24, 2.45) is 0 Å². The van der Waals surface area contributed by atoms with Crippen molar-refractivity contribution < 1.29 is 27.5 Å². The average Bonchev–Trinajstić information content (AvgIpc) is 3.36. The molecular weight excluding hydrogens is 360 g/mol.